The van der Waals surface area contributed by atoms with Gasteiger partial charge in [-0.05, 0) is 108 Å². The number of amides is 4. The first-order valence-corrected chi connectivity index (χ1v) is 18.3. The third kappa shape index (κ3) is 5.15. The molecule has 2 heterocycles. The van der Waals surface area contributed by atoms with Crippen LogP contribution < -0.4 is 15.1 Å². The lowest BCUT2D eigenvalue weighted by atomic mass is 9.49. The normalized spacial score (nSPS) is 26.2. The maximum atomic E-state index is 15.3. The smallest absolute Gasteiger partial charge is 0.260 e. The van der Waals surface area contributed by atoms with Gasteiger partial charge in [0.2, 0.25) is 11.8 Å². The summed E-state index contributed by atoms with van der Waals surface area (Å²) in [6.45, 7) is 3.40. The van der Waals surface area contributed by atoms with E-state index in [1.165, 1.54) is 18.9 Å². The molecule has 0 radical (unpaired) electrons. The number of aryl methyl sites for hydroxylation is 1. The van der Waals surface area contributed by atoms with Gasteiger partial charge in [0.25, 0.3) is 11.8 Å². The first-order valence-electron chi connectivity index (χ1n) is 17.5. The van der Waals surface area contributed by atoms with Gasteiger partial charge in [0.15, 0.2) is 17.3 Å². The maximum Gasteiger partial charge on any atom is 0.260 e. The summed E-state index contributed by atoms with van der Waals surface area (Å²) in [6.07, 6.45) is 2.37. The SMILES string of the molecule is COc1cc([C@H]2C3=CC[C@@H]4C(=O)N(c5ccc(C(C)=O)cc5)C(=O)[C@@H]4[C@@H]3C[C@H]3C(=O)N(Nc4ccc(C)cc4)C(=O)[C@@]23c2ccccc2)cc(Br)c1O. The lowest BCUT2D eigenvalue weighted by molar-refractivity contribution is -0.138. The second-order valence-corrected chi connectivity index (χ2v) is 15.1. The van der Waals surface area contributed by atoms with Gasteiger partial charge in [0.1, 0.15) is 0 Å². The fourth-order valence-corrected chi connectivity index (χ4v) is 9.60. The number of carbonyl (C=O) groups is 5. The molecule has 6 atom stereocenters. The highest BCUT2D eigenvalue weighted by molar-refractivity contribution is 9.10. The third-order valence-corrected chi connectivity index (χ3v) is 12.1. The summed E-state index contributed by atoms with van der Waals surface area (Å²) < 4.78 is 5.92. The number of ether oxygens (including phenoxy) is 1. The molecule has 0 aromatic heterocycles. The van der Waals surface area contributed by atoms with Crippen molar-refractivity contribution in [3.05, 3.63) is 129 Å². The van der Waals surface area contributed by atoms with Crippen LogP contribution in [0.5, 0.6) is 11.5 Å². The molecular formula is C42H36BrN3O7. The molecule has 3 fully saturated rings. The van der Waals surface area contributed by atoms with Crippen LogP contribution >= 0.6 is 15.9 Å². The molecule has 4 aromatic carbocycles. The van der Waals surface area contributed by atoms with Crippen molar-refractivity contribution in [3.63, 3.8) is 0 Å². The number of ketones is 1. The van der Waals surface area contributed by atoms with E-state index >= 15 is 4.79 Å². The molecule has 2 saturated heterocycles. The Hall–Kier alpha value is -5.55. The van der Waals surface area contributed by atoms with Crippen molar-refractivity contribution < 1.29 is 33.8 Å². The molecular weight excluding hydrogens is 738 g/mol. The first-order chi connectivity index (χ1) is 25.5. The highest BCUT2D eigenvalue weighted by atomic mass is 79.9. The average molecular weight is 775 g/mol. The van der Waals surface area contributed by atoms with E-state index in [1.54, 1.807) is 48.5 Å². The van der Waals surface area contributed by atoms with Gasteiger partial charge in [-0.1, -0.05) is 59.7 Å². The lowest BCUT2D eigenvalue weighted by Crippen LogP contribution is -2.53. The highest BCUT2D eigenvalue weighted by Gasteiger charge is 2.70. The molecule has 0 bridgehead atoms. The standard InChI is InChI=1S/C42H36BrN3O7/c1-22-9-13-27(14-10-22)44-46-39(50)32-21-31-29(17-18-30-35(31)40(51)45(38(30)49)28-15-11-24(12-16-28)23(2)47)36(25-19-33(43)37(48)34(20-25)53-3)42(32,41(46)52)26-7-5-4-6-8-26/h4-17,19-20,30-32,35-36,44,48H,18,21H2,1-3H3/t30-,31+,32-,35-,36-,42+/m0/s1. The molecule has 1 saturated carbocycles. The molecule has 0 unspecified atom stereocenters. The molecule has 4 aliphatic rings. The zero-order chi connectivity index (χ0) is 37.3. The van der Waals surface area contributed by atoms with Gasteiger partial charge in [0, 0.05) is 11.5 Å². The van der Waals surface area contributed by atoms with Gasteiger partial charge in [0.05, 0.1) is 46.1 Å². The van der Waals surface area contributed by atoms with Crippen molar-refractivity contribution in [1.82, 2.24) is 5.01 Å². The molecule has 0 spiro atoms. The van der Waals surface area contributed by atoms with E-state index in [0.29, 0.717) is 32.5 Å². The zero-order valence-electron chi connectivity index (χ0n) is 29.2. The molecule has 10 nitrogen and oxygen atoms in total. The molecule has 53 heavy (non-hydrogen) atoms. The summed E-state index contributed by atoms with van der Waals surface area (Å²) >= 11 is 3.49. The number of allylic oxidation sites excluding steroid dienone is 2. The predicted molar refractivity (Wildman–Crippen MR) is 200 cm³/mol. The molecule has 2 N–H and O–H groups in total. The van der Waals surface area contributed by atoms with E-state index in [9.17, 15) is 24.3 Å². The van der Waals surface area contributed by atoms with E-state index in [4.69, 9.17) is 4.74 Å². The van der Waals surface area contributed by atoms with Gasteiger partial charge < -0.3 is 9.84 Å². The molecule has 268 valence electrons. The minimum atomic E-state index is -1.47. The second-order valence-electron chi connectivity index (χ2n) is 14.3. The number of phenols is 1. The van der Waals surface area contributed by atoms with Crippen molar-refractivity contribution in [2.45, 2.75) is 38.0 Å². The van der Waals surface area contributed by atoms with E-state index in [1.807, 2.05) is 55.5 Å². The van der Waals surface area contributed by atoms with Gasteiger partial charge in [-0.15, -0.1) is 0 Å². The average Bonchev–Trinajstić information content (AvgIpc) is 3.54. The summed E-state index contributed by atoms with van der Waals surface area (Å²) in [6, 6.07) is 26.5. The van der Waals surface area contributed by atoms with Crippen molar-refractivity contribution in [2.75, 3.05) is 17.4 Å². The van der Waals surface area contributed by atoms with E-state index in [2.05, 4.69) is 21.4 Å². The predicted octanol–water partition coefficient (Wildman–Crippen LogP) is 6.86. The Morgan fingerprint density at radius 3 is 2.26 bits per heavy atom. The number of hydrogen-bond acceptors (Lipinski definition) is 8. The van der Waals surface area contributed by atoms with Crippen LogP contribution in [0.4, 0.5) is 11.4 Å². The summed E-state index contributed by atoms with van der Waals surface area (Å²) in [7, 11) is 1.44. The first kappa shape index (κ1) is 34.5. The number of hydrogen-bond donors (Lipinski definition) is 2. The number of hydrazine groups is 1. The Kier molecular flexibility index (Phi) is 8.36. The Morgan fingerprint density at radius 2 is 1.60 bits per heavy atom. The number of aromatic hydroxyl groups is 1. The maximum absolute atomic E-state index is 15.3. The van der Waals surface area contributed by atoms with Crippen LogP contribution in [-0.2, 0) is 24.6 Å². The number of nitrogens with one attached hydrogen (secondary N) is 1. The summed E-state index contributed by atoms with van der Waals surface area (Å²) in [5.41, 5.74) is 6.05. The number of benzene rings is 4. The lowest BCUT2D eigenvalue weighted by Gasteiger charge is -2.50. The minimum Gasteiger partial charge on any atom is -0.503 e. The number of halogens is 1. The number of carbonyl (C=O) groups excluding carboxylic acids is 5. The fourth-order valence-electron chi connectivity index (χ4n) is 9.14. The molecule has 2 aliphatic heterocycles. The van der Waals surface area contributed by atoms with Crippen LogP contribution in [0.25, 0.3) is 0 Å². The largest absolute Gasteiger partial charge is 0.503 e. The molecule has 2 aliphatic carbocycles. The van der Waals surface area contributed by atoms with Crippen molar-refractivity contribution in [2.24, 2.45) is 23.7 Å². The minimum absolute atomic E-state index is 0.119. The third-order valence-electron chi connectivity index (χ3n) is 11.5. The molecule has 11 heteroatoms. The van der Waals surface area contributed by atoms with Crippen molar-refractivity contribution >= 4 is 56.7 Å². The van der Waals surface area contributed by atoms with Crippen LogP contribution in [0, 0.1) is 30.6 Å². The number of methoxy groups -OCH3 is 1. The van der Waals surface area contributed by atoms with Gasteiger partial charge in [-0.25, -0.2) is 0 Å². The van der Waals surface area contributed by atoms with Gasteiger partial charge >= 0.3 is 0 Å². The monoisotopic (exact) mass is 773 g/mol. The number of imide groups is 2. The summed E-state index contributed by atoms with van der Waals surface area (Å²) in [5, 5.41) is 12.0. The van der Waals surface area contributed by atoms with Crippen LogP contribution in [0.1, 0.15) is 52.7 Å². The number of fused-ring (bicyclic) bond motifs is 4. The summed E-state index contributed by atoms with van der Waals surface area (Å²) in [5.74, 6) is -5.48. The number of Topliss-reactive ketones (excluding diaryl/α,β-unsaturated/α-hetero) is 1. The van der Waals surface area contributed by atoms with E-state index in [0.717, 1.165) is 16.1 Å². The number of rotatable bonds is 7. The van der Waals surface area contributed by atoms with Gasteiger partial charge in [-0.2, -0.15) is 5.01 Å². The fraction of sp³-hybridized carbons (Fsp3) is 0.262. The van der Waals surface area contributed by atoms with E-state index in [-0.39, 0.29) is 41.9 Å². The van der Waals surface area contributed by atoms with Crippen LogP contribution in [0.15, 0.2) is 107 Å². The van der Waals surface area contributed by atoms with Gasteiger partial charge in [-0.3, -0.25) is 34.3 Å². The summed E-state index contributed by atoms with van der Waals surface area (Å²) in [4.78, 5) is 72.0. The topological polar surface area (TPSA) is 133 Å². The Morgan fingerprint density at radius 1 is 0.906 bits per heavy atom. The molecule has 8 rings (SSSR count). The van der Waals surface area contributed by atoms with Crippen molar-refractivity contribution in [1.29, 1.82) is 0 Å². The number of nitrogens with zero attached hydrogens (tertiary/aromatic N) is 2. The second kappa shape index (κ2) is 12.8. The van der Waals surface area contributed by atoms with Crippen molar-refractivity contribution in [3.8, 4) is 11.5 Å². The zero-order valence-corrected chi connectivity index (χ0v) is 30.8. The van der Waals surface area contributed by atoms with Crippen LogP contribution in [0.2, 0.25) is 0 Å². The Balaban J connectivity index is 1.32. The highest BCUT2D eigenvalue weighted by Crippen LogP contribution is 2.64. The quantitative estimate of drug-likeness (QED) is 0.118. The molecule has 4 aromatic rings. The Bertz CT molecular complexity index is 2240. The number of phenolic OH excluding ortho intramolecular Hbond substituents is 1. The van der Waals surface area contributed by atoms with E-state index < -0.39 is 46.8 Å². The van der Waals surface area contributed by atoms with Crippen LogP contribution in [-0.4, -0.2) is 46.6 Å². The Labute approximate surface area is 314 Å². The number of anilines is 2. The molecule has 4 amide bonds. The van der Waals surface area contributed by atoms with Crippen LogP contribution in [0.3, 0.4) is 0 Å².